The number of furan rings is 1. The third-order valence-electron chi connectivity index (χ3n) is 5.74. The summed E-state index contributed by atoms with van der Waals surface area (Å²) in [5.41, 5.74) is 1.79. The van der Waals surface area contributed by atoms with Crippen molar-refractivity contribution in [2.75, 3.05) is 44.3 Å². The standard InChI is InChI=1S/C25H24N2O5S/c28-24-20-5-1-2-6-22(20)33-23-8-7-18(25(29)32-17-19-4-3-13-31-19)16-21(23)27(24)10-9-26-11-14-30-15-12-26/h1-8,13,16H,9-12,14-15,17H2. The smallest absolute Gasteiger partial charge is 0.338 e. The maximum absolute atomic E-state index is 13.6. The van der Waals surface area contributed by atoms with E-state index in [1.54, 1.807) is 47.2 Å². The molecule has 2 aromatic carbocycles. The van der Waals surface area contributed by atoms with Gasteiger partial charge in [-0.3, -0.25) is 9.69 Å². The number of esters is 1. The van der Waals surface area contributed by atoms with Gasteiger partial charge >= 0.3 is 5.97 Å². The molecule has 5 rings (SSSR count). The number of ether oxygens (including phenoxy) is 2. The number of rotatable bonds is 6. The maximum Gasteiger partial charge on any atom is 0.338 e. The molecule has 0 N–H and O–H groups in total. The molecule has 1 aromatic heterocycles. The summed E-state index contributed by atoms with van der Waals surface area (Å²) in [6.07, 6.45) is 1.54. The van der Waals surface area contributed by atoms with Crippen LogP contribution in [0.25, 0.3) is 0 Å². The molecular formula is C25H24N2O5S. The van der Waals surface area contributed by atoms with Crippen molar-refractivity contribution in [3.05, 3.63) is 77.7 Å². The summed E-state index contributed by atoms with van der Waals surface area (Å²) < 4.78 is 16.1. The number of hydrogen-bond donors (Lipinski definition) is 0. The molecular weight excluding hydrogens is 440 g/mol. The molecule has 0 atom stereocenters. The Labute approximate surface area is 196 Å². The van der Waals surface area contributed by atoms with Crippen molar-refractivity contribution in [3.63, 3.8) is 0 Å². The molecule has 0 aliphatic carbocycles. The van der Waals surface area contributed by atoms with Gasteiger partial charge in [0.1, 0.15) is 12.4 Å². The Morgan fingerprint density at radius 2 is 1.85 bits per heavy atom. The Hall–Kier alpha value is -3.07. The van der Waals surface area contributed by atoms with Crippen LogP contribution in [0.4, 0.5) is 5.69 Å². The van der Waals surface area contributed by atoms with E-state index in [0.29, 0.717) is 36.6 Å². The third kappa shape index (κ3) is 4.83. The topological polar surface area (TPSA) is 72.2 Å². The van der Waals surface area contributed by atoms with Crippen LogP contribution in [0, 0.1) is 0 Å². The van der Waals surface area contributed by atoms with Crippen molar-refractivity contribution in [1.82, 2.24) is 4.90 Å². The van der Waals surface area contributed by atoms with E-state index in [2.05, 4.69) is 4.90 Å². The number of hydrogen-bond acceptors (Lipinski definition) is 7. The lowest BCUT2D eigenvalue weighted by Gasteiger charge is -2.30. The monoisotopic (exact) mass is 464 g/mol. The summed E-state index contributed by atoms with van der Waals surface area (Å²) >= 11 is 1.54. The number of fused-ring (bicyclic) bond motifs is 2. The Bertz CT molecular complexity index is 1140. The van der Waals surface area contributed by atoms with Gasteiger partial charge in [-0.05, 0) is 42.5 Å². The third-order valence-corrected chi connectivity index (χ3v) is 6.88. The number of nitrogens with zero attached hydrogens (tertiary/aromatic N) is 2. The fourth-order valence-electron chi connectivity index (χ4n) is 3.95. The molecule has 1 saturated heterocycles. The van der Waals surface area contributed by atoms with E-state index >= 15 is 0 Å². The Kier molecular flexibility index (Phi) is 6.48. The molecule has 2 aliphatic rings. The van der Waals surface area contributed by atoms with Crippen LogP contribution in [0.2, 0.25) is 0 Å². The average molecular weight is 465 g/mol. The molecule has 7 nitrogen and oxygen atoms in total. The van der Waals surface area contributed by atoms with Gasteiger partial charge in [0.25, 0.3) is 5.91 Å². The van der Waals surface area contributed by atoms with Crippen LogP contribution in [0.3, 0.4) is 0 Å². The lowest BCUT2D eigenvalue weighted by molar-refractivity contribution is 0.0390. The predicted molar refractivity (Wildman–Crippen MR) is 124 cm³/mol. The minimum absolute atomic E-state index is 0.0583. The first-order valence-corrected chi connectivity index (χ1v) is 11.7. The summed E-state index contributed by atoms with van der Waals surface area (Å²) in [5, 5.41) is 0. The Morgan fingerprint density at radius 1 is 1.00 bits per heavy atom. The van der Waals surface area contributed by atoms with Crippen molar-refractivity contribution < 1.29 is 23.5 Å². The van der Waals surface area contributed by atoms with Gasteiger partial charge in [0.15, 0.2) is 0 Å². The van der Waals surface area contributed by atoms with Gasteiger partial charge < -0.3 is 18.8 Å². The molecule has 170 valence electrons. The average Bonchev–Trinajstić information content (AvgIpc) is 3.34. The lowest BCUT2D eigenvalue weighted by Crippen LogP contribution is -2.43. The van der Waals surface area contributed by atoms with Crippen molar-refractivity contribution in [3.8, 4) is 0 Å². The van der Waals surface area contributed by atoms with E-state index in [9.17, 15) is 9.59 Å². The first-order chi connectivity index (χ1) is 16.2. The van der Waals surface area contributed by atoms with E-state index in [4.69, 9.17) is 13.9 Å². The highest BCUT2D eigenvalue weighted by molar-refractivity contribution is 7.99. The number of amides is 1. The van der Waals surface area contributed by atoms with Crippen LogP contribution in [0.5, 0.6) is 0 Å². The van der Waals surface area contributed by atoms with E-state index in [0.717, 1.165) is 35.1 Å². The molecule has 0 unspecified atom stereocenters. The van der Waals surface area contributed by atoms with Gasteiger partial charge in [-0.25, -0.2) is 4.79 Å². The zero-order valence-electron chi connectivity index (χ0n) is 18.1. The number of anilines is 1. The second-order valence-electron chi connectivity index (χ2n) is 7.85. The van der Waals surface area contributed by atoms with Gasteiger partial charge in [0, 0.05) is 36.0 Å². The van der Waals surface area contributed by atoms with E-state index in [1.807, 2.05) is 30.3 Å². The molecule has 0 radical (unpaired) electrons. The summed E-state index contributed by atoms with van der Waals surface area (Å²) in [4.78, 5) is 32.2. The number of carbonyl (C=O) groups excluding carboxylic acids is 2. The Morgan fingerprint density at radius 3 is 2.67 bits per heavy atom. The molecule has 3 aromatic rings. The second-order valence-corrected chi connectivity index (χ2v) is 8.93. The SMILES string of the molecule is O=C(OCc1ccco1)c1ccc2c(c1)N(CCN1CCOCC1)C(=O)c1ccccc1S2. The highest BCUT2D eigenvalue weighted by atomic mass is 32.2. The second kappa shape index (κ2) is 9.82. The van der Waals surface area contributed by atoms with Crippen LogP contribution >= 0.6 is 11.8 Å². The van der Waals surface area contributed by atoms with Crippen LogP contribution in [0.15, 0.2) is 75.1 Å². The first-order valence-electron chi connectivity index (χ1n) is 10.9. The van der Waals surface area contributed by atoms with E-state index in [-0.39, 0.29) is 12.5 Å². The highest BCUT2D eigenvalue weighted by Gasteiger charge is 2.28. The molecule has 3 heterocycles. The fraction of sp³-hybridized carbons (Fsp3) is 0.280. The van der Waals surface area contributed by atoms with E-state index < -0.39 is 5.97 Å². The molecule has 0 saturated carbocycles. The zero-order valence-corrected chi connectivity index (χ0v) is 18.9. The van der Waals surface area contributed by atoms with Crippen molar-refractivity contribution >= 4 is 29.3 Å². The molecule has 0 spiro atoms. The lowest BCUT2D eigenvalue weighted by atomic mass is 10.1. The van der Waals surface area contributed by atoms with E-state index in [1.165, 1.54) is 0 Å². The Balaban J connectivity index is 1.43. The normalized spacial score (nSPS) is 16.1. The fourth-order valence-corrected chi connectivity index (χ4v) is 5.01. The van der Waals surface area contributed by atoms with Gasteiger partial charge in [0.2, 0.25) is 0 Å². The van der Waals surface area contributed by atoms with Gasteiger partial charge in [-0.1, -0.05) is 23.9 Å². The zero-order chi connectivity index (χ0) is 22.6. The number of benzene rings is 2. The van der Waals surface area contributed by atoms with Crippen LogP contribution < -0.4 is 4.90 Å². The summed E-state index contributed by atoms with van der Waals surface area (Å²) in [6.45, 7) is 4.41. The van der Waals surface area contributed by atoms with Gasteiger partial charge in [-0.2, -0.15) is 0 Å². The molecule has 8 heteroatoms. The van der Waals surface area contributed by atoms with Crippen molar-refractivity contribution in [1.29, 1.82) is 0 Å². The summed E-state index contributed by atoms with van der Waals surface area (Å²) in [7, 11) is 0. The minimum Gasteiger partial charge on any atom is -0.466 e. The molecule has 1 fully saturated rings. The first kappa shape index (κ1) is 21.8. The number of carbonyl (C=O) groups is 2. The minimum atomic E-state index is -0.457. The molecule has 1 amide bonds. The van der Waals surface area contributed by atoms with Gasteiger partial charge in [-0.15, -0.1) is 0 Å². The van der Waals surface area contributed by atoms with Crippen LogP contribution in [-0.4, -0.2) is 56.2 Å². The van der Waals surface area contributed by atoms with Crippen LogP contribution in [-0.2, 0) is 16.1 Å². The van der Waals surface area contributed by atoms with Gasteiger partial charge in [0.05, 0.1) is 36.3 Å². The molecule has 2 aliphatic heterocycles. The number of morpholine rings is 1. The maximum atomic E-state index is 13.6. The largest absolute Gasteiger partial charge is 0.466 e. The summed E-state index contributed by atoms with van der Waals surface area (Å²) in [6, 6.07) is 16.5. The highest BCUT2D eigenvalue weighted by Crippen LogP contribution is 2.41. The quantitative estimate of drug-likeness (QED) is 0.509. The van der Waals surface area contributed by atoms with Crippen molar-refractivity contribution in [2.24, 2.45) is 0 Å². The molecule has 0 bridgehead atoms. The predicted octanol–water partition coefficient (Wildman–Crippen LogP) is 4.08. The molecule has 33 heavy (non-hydrogen) atoms. The van der Waals surface area contributed by atoms with Crippen molar-refractivity contribution in [2.45, 2.75) is 16.4 Å². The summed E-state index contributed by atoms with van der Waals surface area (Å²) in [5.74, 6) is 0.0548. The van der Waals surface area contributed by atoms with Crippen LogP contribution in [0.1, 0.15) is 26.5 Å².